The van der Waals surface area contributed by atoms with E-state index in [1.807, 2.05) is 31.2 Å². The summed E-state index contributed by atoms with van der Waals surface area (Å²) >= 11 is 0. The molecule has 10 heteroatoms. The first-order chi connectivity index (χ1) is 21.3. The number of anilines is 2. The summed E-state index contributed by atoms with van der Waals surface area (Å²) in [5.74, 6) is -0.898. The molecule has 3 amide bonds. The third kappa shape index (κ3) is 5.57. The van der Waals surface area contributed by atoms with Crippen molar-refractivity contribution in [2.24, 2.45) is 0 Å². The molecule has 4 aromatic carbocycles. The monoisotopic (exact) mass is 591 g/mol. The average molecular weight is 592 g/mol. The number of amides is 3. The van der Waals surface area contributed by atoms with E-state index < -0.39 is 36.1 Å². The molecular formula is C34H29N3O7. The van der Waals surface area contributed by atoms with E-state index in [0.717, 1.165) is 11.1 Å². The van der Waals surface area contributed by atoms with Gasteiger partial charge < -0.3 is 24.4 Å². The molecule has 1 atom stereocenters. The molecule has 0 radical (unpaired) electrons. The van der Waals surface area contributed by atoms with Crippen molar-refractivity contribution in [3.05, 3.63) is 113 Å². The van der Waals surface area contributed by atoms with Crippen molar-refractivity contribution in [3.63, 3.8) is 0 Å². The Morgan fingerprint density at radius 2 is 1.66 bits per heavy atom. The zero-order valence-corrected chi connectivity index (χ0v) is 24.1. The second kappa shape index (κ2) is 11.9. The van der Waals surface area contributed by atoms with E-state index >= 15 is 0 Å². The predicted octanol–water partition coefficient (Wildman–Crippen LogP) is 4.67. The van der Waals surface area contributed by atoms with Crippen molar-refractivity contribution in [1.29, 1.82) is 0 Å². The van der Waals surface area contributed by atoms with Gasteiger partial charge in [-0.3, -0.25) is 24.1 Å². The number of methoxy groups -OCH3 is 1. The van der Waals surface area contributed by atoms with E-state index in [4.69, 9.17) is 14.2 Å². The Morgan fingerprint density at radius 3 is 2.41 bits per heavy atom. The maximum Gasteiger partial charge on any atom is 0.299 e. The highest BCUT2D eigenvalue weighted by atomic mass is 16.7. The minimum Gasteiger partial charge on any atom is -0.497 e. The minimum atomic E-state index is -1.15. The first-order valence-corrected chi connectivity index (χ1v) is 14.0. The van der Waals surface area contributed by atoms with Crippen molar-refractivity contribution in [2.75, 3.05) is 30.7 Å². The third-order valence-corrected chi connectivity index (χ3v) is 7.60. The first-order valence-electron chi connectivity index (χ1n) is 14.0. The van der Waals surface area contributed by atoms with Crippen LogP contribution >= 0.6 is 0 Å². The molecule has 0 saturated carbocycles. The molecule has 0 bridgehead atoms. The number of rotatable bonds is 9. The highest BCUT2D eigenvalue weighted by Crippen LogP contribution is 2.37. The second-order valence-corrected chi connectivity index (χ2v) is 10.5. The molecule has 0 saturated heterocycles. The first kappa shape index (κ1) is 28.5. The summed E-state index contributed by atoms with van der Waals surface area (Å²) < 4.78 is 16.3. The molecule has 0 aromatic heterocycles. The fourth-order valence-corrected chi connectivity index (χ4v) is 5.29. The predicted molar refractivity (Wildman–Crippen MR) is 162 cm³/mol. The fraction of sp³-hybridized carbons (Fsp3) is 0.176. The number of nitrogens with zero attached hydrogens (tertiary/aromatic N) is 2. The molecule has 2 aliphatic rings. The van der Waals surface area contributed by atoms with Crippen LogP contribution in [0.3, 0.4) is 0 Å². The van der Waals surface area contributed by atoms with Crippen LogP contribution in [0.15, 0.2) is 91.0 Å². The summed E-state index contributed by atoms with van der Waals surface area (Å²) in [6.45, 7) is 1.60. The number of para-hydroxylation sites is 1. The molecule has 2 heterocycles. The van der Waals surface area contributed by atoms with E-state index in [-0.39, 0.29) is 18.9 Å². The molecule has 0 aliphatic carbocycles. The Kier molecular flexibility index (Phi) is 7.72. The van der Waals surface area contributed by atoms with Gasteiger partial charge in [-0.15, -0.1) is 0 Å². The van der Waals surface area contributed by atoms with Crippen molar-refractivity contribution in [1.82, 2.24) is 4.90 Å². The van der Waals surface area contributed by atoms with Crippen LogP contribution in [-0.2, 0) is 20.9 Å². The Hall–Kier alpha value is -5.64. The normalized spacial score (nSPS) is 13.8. The van der Waals surface area contributed by atoms with Gasteiger partial charge in [-0.1, -0.05) is 48.0 Å². The Balaban J connectivity index is 1.40. The summed E-state index contributed by atoms with van der Waals surface area (Å²) in [5, 5.41) is 2.92. The molecule has 222 valence electrons. The molecule has 0 fully saturated rings. The number of carbonyl (C=O) groups is 4. The highest BCUT2D eigenvalue weighted by molar-refractivity contribution is 6.52. The number of benzene rings is 4. The Labute approximate surface area is 253 Å². The molecule has 10 nitrogen and oxygen atoms in total. The molecular weight excluding hydrogens is 562 g/mol. The van der Waals surface area contributed by atoms with Gasteiger partial charge >= 0.3 is 0 Å². The highest BCUT2D eigenvalue weighted by Gasteiger charge is 2.39. The number of aryl methyl sites for hydroxylation is 1. The molecule has 0 unspecified atom stereocenters. The summed E-state index contributed by atoms with van der Waals surface area (Å²) in [4.78, 5) is 56.7. The number of fused-ring (bicyclic) bond motifs is 2. The van der Waals surface area contributed by atoms with E-state index in [2.05, 4.69) is 5.32 Å². The van der Waals surface area contributed by atoms with Crippen LogP contribution in [0, 0.1) is 6.92 Å². The topological polar surface area (TPSA) is 114 Å². The van der Waals surface area contributed by atoms with Crippen LogP contribution in [0.4, 0.5) is 11.4 Å². The van der Waals surface area contributed by atoms with Crippen molar-refractivity contribution in [2.45, 2.75) is 19.5 Å². The molecule has 6 rings (SSSR count). The summed E-state index contributed by atoms with van der Waals surface area (Å²) in [6, 6.07) is 24.9. The van der Waals surface area contributed by atoms with E-state index in [9.17, 15) is 19.2 Å². The van der Waals surface area contributed by atoms with Gasteiger partial charge in [-0.25, -0.2) is 0 Å². The van der Waals surface area contributed by atoms with Crippen LogP contribution in [0.1, 0.15) is 33.1 Å². The maximum atomic E-state index is 14.3. The molecule has 4 aromatic rings. The van der Waals surface area contributed by atoms with Gasteiger partial charge in [-0.05, 0) is 66.6 Å². The summed E-state index contributed by atoms with van der Waals surface area (Å²) in [5.41, 5.74) is 3.38. The maximum absolute atomic E-state index is 14.3. The van der Waals surface area contributed by atoms with Gasteiger partial charge in [0.25, 0.3) is 17.6 Å². The van der Waals surface area contributed by atoms with Gasteiger partial charge in [0.05, 0.1) is 18.4 Å². The van der Waals surface area contributed by atoms with Crippen LogP contribution in [-0.4, -0.2) is 48.9 Å². The number of hydrogen-bond donors (Lipinski definition) is 1. The van der Waals surface area contributed by atoms with Crippen LogP contribution in [0.25, 0.3) is 0 Å². The number of Topliss-reactive ketones (excluding diaryl/α,β-unsaturated/α-hetero) is 1. The van der Waals surface area contributed by atoms with Crippen molar-refractivity contribution in [3.8, 4) is 17.2 Å². The van der Waals surface area contributed by atoms with Gasteiger partial charge in [0, 0.05) is 12.2 Å². The van der Waals surface area contributed by atoms with Crippen LogP contribution < -0.4 is 24.4 Å². The number of ketones is 1. The zero-order chi connectivity index (χ0) is 30.8. The lowest BCUT2D eigenvalue weighted by Gasteiger charge is -2.33. The van der Waals surface area contributed by atoms with Crippen LogP contribution in [0.2, 0.25) is 0 Å². The standard InChI is InChI=1S/C34H29N3O7/c1-21-7-9-22(10-8-21)18-37(30(38)19-36-27-6-4-3-5-26(27)32(39)34(36)41)31(23-11-16-28-29(17-23)44-20-43-28)33(40)35-24-12-14-25(42-2)15-13-24/h3-17,31H,18-20H2,1-2H3,(H,35,40)/t31-/m1/s1. The minimum absolute atomic E-state index is 0.0397. The lowest BCUT2D eigenvalue weighted by atomic mass is 10.0. The average Bonchev–Trinajstić information content (AvgIpc) is 3.60. The smallest absolute Gasteiger partial charge is 0.299 e. The van der Waals surface area contributed by atoms with Gasteiger partial charge in [0.2, 0.25) is 12.7 Å². The molecule has 0 spiro atoms. The SMILES string of the molecule is COc1ccc(NC(=O)[C@@H](c2ccc3c(c2)OCO3)N(Cc2ccc(C)cc2)C(=O)CN2C(=O)C(=O)c3ccccc32)cc1. The molecule has 44 heavy (non-hydrogen) atoms. The van der Waals surface area contributed by atoms with Crippen molar-refractivity contribution >= 4 is 34.9 Å². The van der Waals surface area contributed by atoms with Gasteiger partial charge in [0.15, 0.2) is 11.5 Å². The number of nitrogens with one attached hydrogen (secondary N) is 1. The lowest BCUT2D eigenvalue weighted by Crippen LogP contribution is -2.46. The van der Waals surface area contributed by atoms with E-state index in [1.165, 1.54) is 9.80 Å². The quantitative estimate of drug-likeness (QED) is 0.282. The van der Waals surface area contributed by atoms with Gasteiger partial charge in [0.1, 0.15) is 18.3 Å². The zero-order valence-electron chi connectivity index (χ0n) is 24.1. The van der Waals surface area contributed by atoms with Crippen LogP contribution in [0.5, 0.6) is 17.2 Å². The fourth-order valence-electron chi connectivity index (χ4n) is 5.29. The summed E-state index contributed by atoms with van der Waals surface area (Å²) in [6.07, 6.45) is 0. The van der Waals surface area contributed by atoms with E-state index in [1.54, 1.807) is 73.8 Å². The lowest BCUT2D eigenvalue weighted by molar-refractivity contribution is -0.139. The largest absolute Gasteiger partial charge is 0.497 e. The Bertz CT molecular complexity index is 1750. The van der Waals surface area contributed by atoms with Gasteiger partial charge in [-0.2, -0.15) is 0 Å². The Morgan fingerprint density at radius 1 is 0.932 bits per heavy atom. The molecule has 2 aliphatic heterocycles. The van der Waals surface area contributed by atoms with Crippen molar-refractivity contribution < 1.29 is 33.4 Å². The molecule has 1 N–H and O–H groups in total. The number of hydrogen-bond acceptors (Lipinski definition) is 7. The third-order valence-electron chi connectivity index (χ3n) is 7.60. The number of ether oxygens (including phenoxy) is 3. The van der Waals surface area contributed by atoms with E-state index in [0.29, 0.717) is 34.2 Å². The second-order valence-electron chi connectivity index (χ2n) is 10.5. The summed E-state index contributed by atoms with van der Waals surface area (Å²) in [7, 11) is 1.55. The number of carbonyl (C=O) groups excluding carboxylic acids is 4.